The molecule has 6 aromatic carbocycles. The van der Waals surface area contributed by atoms with Crippen molar-refractivity contribution in [3.05, 3.63) is 173 Å². The van der Waals surface area contributed by atoms with E-state index in [9.17, 15) is 0 Å². The van der Waals surface area contributed by atoms with Crippen LogP contribution in [0.15, 0.2) is 146 Å². The van der Waals surface area contributed by atoms with Gasteiger partial charge in [0.05, 0.1) is 16.4 Å². The van der Waals surface area contributed by atoms with Crippen molar-refractivity contribution in [2.45, 2.75) is 5.41 Å². The number of para-hydroxylation sites is 1. The molecule has 0 spiro atoms. The van der Waals surface area contributed by atoms with Gasteiger partial charge in [-0.15, -0.1) is 0 Å². The van der Waals surface area contributed by atoms with Crippen molar-refractivity contribution in [3.8, 4) is 16.8 Å². The number of nitrogens with zero attached hydrogens (tertiary/aromatic N) is 1. The lowest BCUT2D eigenvalue weighted by Gasteiger charge is -2.34. The van der Waals surface area contributed by atoms with Gasteiger partial charge in [0, 0.05) is 21.5 Å². The van der Waals surface area contributed by atoms with E-state index in [1.807, 2.05) is 6.07 Å². The van der Waals surface area contributed by atoms with E-state index in [-0.39, 0.29) is 0 Å². The van der Waals surface area contributed by atoms with Gasteiger partial charge in [0.25, 0.3) is 0 Å². The third-order valence-electron chi connectivity index (χ3n) is 8.34. The molecule has 0 saturated carbocycles. The van der Waals surface area contributed by atoms with Gasteiger partial charge in [-0.25, -0.2) is 0 Å². The Balaban J connectivity index is 1.51. The molecule has 0 saturated heterocycles. The Morgan fingerprint density at radius 2 is 1.08 bits per heavy atom. The highest BCUT2D eigenvalue weighted by molar-refractivity contribution is 6.31. The summed E-state index contributed by atoms with van der Waals surface area (Å²) in [5.41, 5.74) is 10.7. The third-order valence-corrected chi connectivity index (χ3v) is 8.57. The molecule has 0 unspecified atom stereocenters. The zero-order valence-corrected chi connectivity index (χ0v) is 21.9. The van der Waals surface area contributed by atoms with Gasteiger partial charge in [0.15, 0.2) is 0 Å². The molecule has 1 heterocycles. The van der Waals surface area contributed by atoms with E-state index < -0.39 is 5.41 Å². The number of hydrogen-bond donors (Lipinski definition) is 0. The van der Waals surface area contributed by atoms with Crippen molar-refractivity contribution in [2.24, 2.45) is 0 Å². The summed E-state index contributed by atoms with van der Waals surface area (Å²) in [6.45, 7) is 0. The first kappa shape index (κ1) is 22.4. The van der Waals surface area contributed by atoms with Crippen LogP contribution in [0, 0.1) is 0 Å². The monoisotopic (exact) mass is 517 g/mol. The van der Waals surface area contributed by atoms with Crippen LogP contribution in [0.1, 0.15) is 22.3 Å². The molecule has 7 aromatic rings. The smallest absolute Gasteiger partial charge is 0.0714 e. The Morgan fingerprint density at radius 3 is 1.85 bits per heavy atom. The molecular formula is C37H24ClN. The topological polar surface area (TPSA) is 4.93 Å². The average molecular weight is 518 g/mol. The maximum absolute atomic E-state index is 6.55. The summed E-state index contributed by atoms with van der Waals surface area (Å²) < 4.78 is 2.36. The SMILES string of the molecule is Clc1ccc2c3ccccc3n(-c3ccc4c(c3)C(c3ccccc3)(c3ccccc3)c3ccccc3-4)c2c1. The molecule has 1 aliphatic carbocycles. The van der Waals surface area contributed by atoms with E-state index in [0.29, 0.717) is 0 Å². The first-order valence-electron chi connectivity index (χ1n) is 13.3. The van der Waals surface area contributed by atoms with E-state index in [2.05, 4.69) is 144 Å². The zero-order chi connectivity index (χ0) is 26.0. The summed E-state index contributed by atoms with van der Waals surface area (Å²) in [5, 5.41) is 3.17. The predicted molar refractivity (Wildman–Crippen MR) is 163 cm³/mol. The fraction of sp³-hybridized carbons (Fsp3) is 0.0270. The van der Waals surface area contributed by atoms with Crippen molar-refractivity contribution in [1.29, 1.82) is 0 Å². The highest BCUT2D eigenvalue weighted by Gasteiger charge is 2.46. The highest BCUT2D eigenvalue weighted by atomic mass is 35.5. The molecule has 2 heteroatoms. The van der Waals surface area contributed by atoms with Crippen LogP contribution >= 0.6 is 11.6 Å². The van der Waals surface area contributed by atoms with Crippen molar-refractivity contribution in [2.75, 3.05) is 0 Å². The number of rotatable bonds is 3. The van der Waals surface area contributed by atoms with Crippen LogP contribution in [0.25, 0.3) is 38.6 Å². The minimum atomic E-state index is -0.430. The van der Waals surface area contributed by atoms with E-state index in [1.54, 1.807) is 0 Å². The molecular weight excluding hydrogens is 494 g/mol. The van der Waals surface area contributed by atoms with E-state index in [4.69, 9.17) is 11.6 Å². The summed E-state index contributed by atoms with van der Waals surface area (Å²) >= 11 is 6.55. The summed E-state index contributed by atoms with van der Waals surface area (Å²) in [5.74, 6) is 0. The van der Waals surface area contributed by atoms with E-state index >= 15 is 0 Å². The molecule has 0 aliphatic heterocycles. The fourth-order valence-corrected chi connectivity index (χ4v) is 6.96. The molecule has 0 amide bonds. The van der Waals surface area contributed by atoms with Crippen LogP contribution in [0.2, 0.25) is 5.02 Å². The van der Waals surface area contributed by atoms with Gasteiger partial charge in [0.2, 0.25) is 0 Å². The largest absolute Gasteiger partial charge is 0.309 e. The summed E-state index contributed by atoms with van der Waals surface area (Å²) in [6.07, 6.45) is 0. The number of hydrogen-bond acceptors (Lipinski definition) is 0. The lowest BCUT2D eigenvalue weighted by atomic mass is 9.67. The molecule has 1 nitrogen and oxygen atoms in total. The van der Waals surface area contributed by atoms with Crippen LogP contribution in [-0.4, -0.2) is 4.57 Å². The fourth-order valence-electron chi connectivity index (χ4n) is 6.79. The van der Waals surface area contributed by atoms with Crippen LogP contribution in [0.3, 0.4) is 0 Å². The second kappa shape index (κ2) is 8.46. The van der Waals surface area contributed by atoms with Gasteiger partial charge in [-0.2, -0.15) is 0 Å². The highest BCUT2D eigenvalue weighted by Crippen LogP contribution is 2.56. The second-order valence-corrected chi connectivity index (χ2v) is 10.7. The maximum atomic E-state index is 6.55. The Hall–Kier alpha value is -4.59. The van der Waals surface area contributed by atoms with Crippen LogP contribution in [-0.2, 0) is 5.41 Å². The molecule has 8 rings (SSSR count). The molecule has 1 aromatic heterocycles. The minimum absolute atomic E-state index is 0.430. The number of halogens is 1. The van der Waals surface area contributed by atoms with E-state index in [0.717, 1.165) is 16.2 Å². The predicted octanol–water partition coefficient (Wildman–Crippen LogP) is 9.80. The molecule has 0 bridgehead atoms. The van der Waals surface area contributed by atoms with Crippen molar-refractivity contribution in [3.63, 3.8) is 0 Å². The molecule has 0 fully saturated rings. The molecule has 0 N–H and O–H groups in total. The molecule has 0 radical (unpaired) electrons. The summed E-state index contributed by atoms with van der Waals surface area (Å²) in [7, 11) is 0. The van der Waals surface area contributed by atoms with Gasteiger partial charge in [0.1, 0.15) is 0 Å². The Bertz CT molecular complexity index is 1980. The molecule has 184 valence electrons. The van der Waals surface area contributed by atoms with Gasteiger partial charge in [-0.1, -0.05) is 127 Å². The first-order chi connectivity index (χ1) is 19.3. The van der Waals surface area contributed by atoms with Gasteiger partial charge >= 0.3 is 0 Å². The Kier molecular flexibility index (Phi) is 4.86. The Labute approximate surface area is 232 Å². The summed E-state index contributed by atoms with van der Waals surface area (Å²) in [6, 6.07) is 52.6. The van der Waals surface area contributed by atoms with Crippen molar-refractivity contribution in [1.82, 2.24) is 4.57 Å². The standard InChI is InChI=1S/C37H24ClN/c38-27-19-21-32-31-16-8-10-18-35(31)39(36(32)23-27)28-20-22-30-29-15-7-9-17-33(29)37(34(30)24-28,25-11-3-1-4-12-25)26-13-5-2-6-14-26/h1-24H. The minimum Gasteiger partial charge on any atom is -0.309 e. The maximum Gasteiger partial charge on any atom is 0.0714 e. The van der Waals surface area contributed by atoms with Crippen molar-refractivity contribution >= 4 is 33.4 Å². The zero-order valence-electron chi connectivity index (χ0n) is 21.2. The van der Waals surface area contributed by atoms with E-state index in [1.165, 1.54) is 49.7 Å². The number of fused-ring (bicyclic) bond motifs is 6. The molecule has 0 atom stereocenters. The second-order valence-electron chi connectivity index (χ2n) is 10.3. The van der Waals surface area contributed by atoms with Crippen LogP contribution in [0.4, 0.5) is 0 Å². The van der Waals surface area contributed by atoms with Gasteiger partial charge in [-0.05, 0) is 63.7 Å². The number of aromatic nitrogens is 1. The lowest BCUT2D eigenvalue weighted by molar-refractivity contribution is 0.767. The summed E-state index contributed by atoms with van der Waals surface area (Å²) in [4.78, 5) is 0. The van der Waals surface area contributed by atoms with Crippen molar-refractivity contribution < 1.29 is 0 Å². The Morgan fingerprint density at radius 1 is 0.462 bits per heavy atom. The first-order valence-corrected chi connectivity index (χ1v) is 13.7. The van der Waals surface area contributed by atoms with Gasteiger partial charge in [-0.3, -0.25) is 0 Å². The van der Waals surface area contributed by atoms with Crippen LogP contribution < -0.4 is 0 Å². The normalized spacial score (nSPS) is 13.5. The average Bonchev–Trinajstić information content (AvgIpc) is 3.48. The molecule has 39 heavy (non-hydrogen) atoms. The van der Waals surface area contributed by atoms with Gasteiger partial charge < -0.3 is 4.57 Å². The lowest BCUT2D eigenvalue weighted by Crippen LogP contribution is -2.28. The third kappa shape index (κ3) is 3.08. The van der Waals surface area contributed by atoms with Crippen LogP contribution in [0.5, 0.6) is 0 Å². The quantitative estimate of drug-likeness (QED) is 0.220. The molecule has 1 aliphatic rings. The number of benzene rings is 6.